The van der Waals surface area contributed by atoms with E-state index in [1.807, 2.05) is 0 Å². The van der Waals surface area contributed by atoms with Crippen molar-refractivity contribution in [1.29, 1.82) is 0 Å². The lowest BCUT2D eigenvalue weighted by Gasteiger charge is -2.17. The monoisotopic (exact) mass is 320 g/mol. The van der Waals surface area contributed by atoms with Crippen molar-refractivity contribution in [2.45, 2.75) is 34.4 Å². The Bertz CT molecular complexity index is 871. The molecule has 0 bridgehead atoms. The molecule has 0 spiro atoms. The van der Waals surface area contributed by atoms with Gasteiger partial charge in [0.2, 0.25) is 0 Å². The second kappa shape index (κ2) is 6.05. The maximum Gasteiger partial charge on any atom is 0.170 e. The fourth-order valence-electron chi connectivity index (χ4n) is 3.64. The van der Waals surface area contributed by atoms with Crippen LogP contribution in [0, 0.1) is 20.8 Å². The van der Waals surface area contributed by atoms with E-state index in [4.69, 9.17) is 11.6 Å². The Hall–Kier alpha value is -1.73. The first-order chi connectivity index (χ1) is 10.9. The minimum absolute atomic E-state index is 0.451. The van der Waals surface area contributed by atoms with Gasteiger partial charge in [0, 0.05) is 5.56 Å². The molecule has 0 aliphatic rings. The van der Waals surface area contributed by atoms with E-state index in [9.17, 15) is 0 Å². The van der Waals surface area contributed by atoms with Crippen LogP contribution >= 0.6 is 11.6 Å². The zero-order chi connectivity index (χ0) is 16.7. The molecule has 0 unspecified atom stereocenters. The molecule has 0 aliphatic carbocycles. The van der Waals surface area contributed by atoms with Crippen LogP contribution in [0.3, 0.4) is 0 Å². The van der Waals surface area contributed by atoms with Crippen LogP contribution in [0.4, 0.5) is 0 Å². The summed E-state index contributed by atoms with van der Waals surface area (Å²) in [6.45, 7) is 11.4. The Labute approximate surface area is 144 Å². The SMILES string of the molecule is CB(C)c1cccc2ccc(-c3c(C)cc(C)cc3C)c(Cl)c12. The highest BCUT2D eigenvalue weighted by Crippen LogP contribution is 2.37. The van der Waals surface area contributed by atoms with Crippen molar-refractivity contribution in [3.8, 4) is 11.1 Å². The van der Waals surface area contributed by atoms with Gasteiger partial charge < -0.3 is 0 Å². The fraction of sp³-hybridized carbons (Fsp3) is 0.238. The summed E-state index contributed by atoms with van der Waals surface area (Å²) in [5, 5.41) is 3.29. The minimum Gasteiger partial charge on any atom is -0.0830 e. The molecule has 0 N–H and O–H groups in total. The Balaban J connectivity index is 2.37. The number of benzene rings is 3. The van der Waals surface area contributed by atoms with E-state index in [0.717, 1.165) is 10.6 Å². The Morgan fingerprint density at radius 3 is 2.13 bits per heavy atom. The molecule has 23 heavy (non-hydrogen) atoms. The van der Waals surface area contributed by atoms with Crippen LogP contribution in [0.25, 0.3) is 21.9 Å². The average molecular weight is 321 g/mol. The molecule has 0 nitrogen and oxygen atoms in total. The van der Waals surface area contributed by atoms with Crippen LogP contribution in [0.15, 0.2) is 42.5 Å². The third-order valence-electron chi connectivity index (χ3n) is 4.58. The van der Waals surface area contributed by atoms with Gasteiger partial charge in [-0.05, 0) is 48.2 Å². The minimum atomic E-state index is 0.451. The van der Waals surface area contributed by atoms with Crippen molar-refractivity contribution >= 4 is 34.5 Å². The first kappa shape index (κ1) is 16.1. The quantitative estimate of drug-likeness (QED) is 0.504. The van der Waals surface area contributed by atoms with Gasteiger partial charge in [-0.3, -0.25) is 0 Å². The number of hydrogen-bond acceptors (Lipinski definition) is 0. The molecule has 0 aromatic heterocycles. The second-order valence-electron chi connectivity index (χ2n) is 6.80. The van der Waals surface area contributed by atoms with Gasteiger partial charge in [0.15, 0.2) is 6.71 Å². The molecule has 0 aliphatic heterocycles. The van der Waals surface area contributed by atoms with Gasteiger partial charge >= 0.3 is 0 Å². The molecule has 0 amide bonds. The molecule has 3 aromatic carbocycles. The topological polar surface area (TPSA) is 0 Å². The smallest absolute Gasteiger partial charge is 0.0830 e. The van der Waals surface area contributed by atoms with Crippen LogP contribution < -0.4 is 5.46 Å². The van der Waals surface area contributed by atoms with Gasteiger partial charge in [-0.25, -0.2) is 0 Å². The molecule has 0 atom stereocenters. The predicted octanol–water partition coefficient (Wildman–Crippen LogP) is 6.05. The lowest BCUT2D eigenvalue weighted by atomic mass is 9.48. The normalized spacial score (nSPS) is 11.0. The maximum absolute atomic E-state index is 6.91. The standard InChI is InChI=1S/C21H22BCl/c1-13-11-14(2)19(15(3)12-13)17-10-9-16-7-6-8-18(22(4)5)20(16)21(17)23/h6-12H,1-5H3. The number of fused-ring (bicyclic) bond motifs is 1. The van der Waals surface area contributed by atoms with Crippen molar-refractivity contribution in [2.75, 3.05) is 0 Å². The van der Waals surface area contributed by atoms with E-state index in [1.165, 1.54) is 38.5 Å². The highest BCUT2D eigenvalue weighted by molar-refractivity contribution is 6.73. The third-order valence-corrected chi connectivity index (χ3v) is 4.98. The molecule has 3 rings (SSSR count). The molecule has 0 saturated carbocycles. The van der Waals surface area contributed by atoms with E-state index in [2.05, 4.69) is 76.9 Å². The summed E-state index contributed by atoms with van der Waals surface area (Å²) in [5.41, 5.74) is 7.58. The zero-order valence-corrected chi connectivity index (χ0v) is 15.3. The van der Waals surface area contributed by atoms with E-state index in [0.29, 0.717) is 6.71 Å². The van der Waals surface area contributed by atoms with E-state index < -0.39 is 0 Å². The maximum atomic E-state index is 6.91. The van der Waals surface area contributed by atoms with Gasteiger partial charge in [-0.2, -0.15) is 0 Å². The van der Waals surface area contributed by atoms with Crippen molar-refractivity contribution in [1.82, 2.24) is 0 Å². The van der Waals surface area contributed by atoms with Crippen molar-refractivity contribution in [2.24, 2.45) is 0 Å². The van der Waals surface area contributed by atoms with Crippen LogP contribution in [-0.4, -0.2) is 6.71 Å². The molecule has 3 aromatic rings. The summed E-state index contributed by atoms with van der Waals surface area (Å²) in [5.74, 6) is 0. The van der Waals surface area contributed by atoms with Crippen LogP contribution in [0.5, 0.6) is 0 Å². The number of aryl methyl sites for hydroxylation is 3. The molecule has 0 heterocycles. The van der Waals surface area contributed by atoms with Crippen LogP contribution in [-0.2, 0) is 0 Å². The summed E-state index contributed by atoms with van der Waals surface area (Å²) in [4.78, 5) is 0. The molecule has 0 radical (unpaired) electrons. The lowest BCUT2D eigenvalue weighted by Crippen LogP contribution is -2.23. The van der Waals surface area contributed by atoms with Gasteiger partial charge in [-0.15, -0.1) is 0 Å². The third kappa shape index (κ3) is 2.79. The van der Waals surface area contributed by atoms with E-state index >= 15 is 0 Å². The van der Waals surface area contributed by atoms with Crippen molar-refractivity contribution < 1.29 is 0 Å². The molecule has 116 valence electrons. The molecular formula is C21H22BCl. The van der Waals surface area contributed by atoms with E-state index in [1.54, 1.807) is 0 Å². The number of hydrogen-bond donors (Lipinski definition) is 0. The first-order valence-corrected chi connectivity index (χ1v) is 8.57. The van der Waals surface area contributed by atoms with Crippen LogP contribution in [0.1, 0.15) is 16.7 Å². The summed E-state index contributed by atoms with van der Waals surface area (Å²) in [7, 11) is 0. The predicted molar refractivity (Wildman–Crippen MR) is 106 cm³/mol. The Morgan fingerprint density at radius 1 is 0.870 bits per heavy atom. The van der Waals surface area contributed by atoms with Gasteiger partial charge in [0.25, 0.3) is 0 Å². The average Bonchev–Trinajstić information content (AvgIpc) is 2.48. The second-order valence-corrected chi connectivity index (χ2v) is 7.18. The lowest BCUT2D eigenvalue weighted by molar-refractivity contribution is 1.32. The number of rotatable bonds is 2. The molecule has 2 heteroatoms. The van der Waals surface area contributed by atoms with Crippen LogP contribution in [0.2, 0.25) is 18.7 Å². The van der Waals surface area contributed by atoms with Crippen molar-refractivity contribution in [3.63, 3.8) is 0 Å². The van der Waals surface area contributed by atoms with Gasteiger partial charge in [0.05, 0.1) is 5.02 Å². The zero-order valence-electron chi connectivity index (χ0n) is 14.5. The van der Waals surface area contributed by atoms with E-state index in [-0.39, 0.29) is 0 Å². The highest BCUT2D eigenvalue weighted by atomic mass is 35.5. The summed E-state index contributed by atoms with van der Waals surface area (Å²) in [6.07, 6.45) is 0. The van der Waals surface area contributed by atoms with Gasteiger partial charge in [-0.1, -0.05) is 78.7 Å². The van der Waals surface area contributed by atoms with Gasteiger partial charge in [0.1, 0.15) is 0 Å². The highest BCUT2D eigenvalue weighted by Gasteiger charge is 2.16. The summed E-state index contributed by atoms with van der Waals surface area (Å²) < 4.78 is 0. The molecule has 0 fully saturated rings. The molecule has 0 saturated heterocycles. The number of halogens is 1. The van der Waals surface area contributed by atoms with Crippen molar-refractivity contribution in [3.05, 3.63) is 64.2 Å². The largest absolute Gasteiger partial charge is 0.170 e. The fourth-order valence-corrected chi connectivity index (χ4v) is 4.02. The first-order valence-electron chi connectivity index (χ1n) is 8.19. The Kier molecular flexibility index (Phi) is 4.25. The summed E-state index contributed by atoms with van der Waals surface area (Å²) >= 11 is 6.91. The summed E-state index contributed by atoms with van der Waals surface area (Å²) in [6, 6.07) is 15.3. The Morgan fingerprint density at radius 2 is 1.52 bits per heavy atom. The molecular weight excluding hydrogens is 298 g/mol.